The third-order valence-electron chi connectivity index (χ3n) is 13.2. The SMILES string of the molecule is CC(C)C[C@H](NC(=O)CCC1CCCC1)C(=O)NCC1CN(S(=O)(=O)c2ccc(Cl)cc2)CCO1.CC(C)C[C@H](NC(=O)c1cc2ccccc2n1C)C(=O)NCC1CN(S(=O)(=O)c2ccc(Cl)cc2)CCO1. The number of aromatic nitrogens is 1. The first-order valence-corrected chi connectivity index (χ1v) is 28.8. The molecule has 4 atom stereocenters. The highest BCUT2D eigenvalue weighted by Gasteiger charge is 2.34. The molecule has 0 spiro atoms. The van der Waals surface area contributed by atoms with Crippen molar-refractivity contribution in [2.75, 3.05) is 52.5 Å². The van der Waals surface area contributed by atoms with Crippen LogP contribution in [0.1, 0.15) is 89.5 Å². The number of carbonyl (C=O) groups excluding carboxylic acids is 4. The van der Waals surface area contributed by atoms with E-state index in [1.807, 2.05) is 59.0 Å². The fraction of sp³-hybridized carbons (Fsp3) is 0.538. The van der Waals surface area contributed by atoms with Gasteiger partial charge in [-0.3, -0.25) is 19.2 Å². The summed E-state index contributed by atoms with van der Waals surface area (Å²) < 4.78 is 68.0. The fourth-order valence-corrected chi connectivity index (χ4v) is 12.5. The van der Waals surface area contributed by atoms with Gasteiger partial charge in [0.1, 0.15) is 17.8 Å². The van der Waals surface area contributed by atoms with Crippen LogP contribution in [0.5, 0.6) is 0 Å². The van der Waals surface area contributed by atoms with Crippen molar-refractivity contribution < 1.29 is 45.5 Å². The van der Waals surface area contributed by atoms with E-state index in [0.29, 0.717) is 40.9 Å². The zero-order valence-corrected chi connectivity index (χ0v) is 45.5. The van der Waals surface area contributed by atoms with Gasteiger partial charge < -0.3 is 35.3 Å². The molecule has 3 heterocycles. The average molecular weight is 1090 g/mol. The van der Waals surface area contributed by atoms with Crippen molar-refractivity contribution in [2.24, 2.45) is 24.8 Å². The number of para-hydroxylation sites is 1. The van der Waals surface area contributed by atoms with Crippen LogP contribution in [-0.4, -0.2) is 130 Å². The Balaban J connectivity index is 0.000000239. The van der Waals surface area contributed by atoms with Gasteiger partial charge in [-0.25, -0.2) is 16.8 Å². The fourth-order valence-electron chi connectivity index (χ4n) is 9.30. The Bertz CT molecular complexity index is 2720. The second-order valence-electron chi connectivity index (χ2n) is 19.9. The number of sulfonamides is 2. The monoisotopic (exact) mass is 1090 g/mol. The largest absolute Gasteiger partial charge is 0.374 e. The minimum atomic E-state index is -3.72. The summed E-state index contributed by atoms with van der Waals surface area (Å²) in [5, 5.41) is 13.4. The maximum absolute atomic E-state index is 13.1. The molecule has 3 fully saturated rings. The number of rotatable bonds is 20. The van der Waals surface area contributed by atoms with Gasteiger partial charge in [0.2, 0.25) is 37.8 Å². The number of ether oxygens (including phenoxy) is 2. The number of hydrogen-bond donors (Lipinski definition) is 4. The van der Waals surface area contributed by atoms with Gasteiger partial charge in [0.15, 0.2) is 0 Å². The Kier molecular flexibility index (Phi) is 21.1. The topological polar surface area (TPSA) is 215 Å². The number of fused-ring (bicyclic) bond motifs is 1. The van der Waals surface area contributed by atoms with Crippen molar-refractivity contribution in [1.29, 1.82) is 0 Å². The second-order valence-corrected chi connectivity index (χ2v) is 24.6. The number of nitrogens with one attached hydrogen (secondary N) is 4. The number of carbonyl (C=O) groups is 4. The third-order valence-corrected chi connectivity index (χ3v) is 17.5. The van der Waals surface area contributed by atoms with E-state index in [1.54, 1.807) is 22.8 Å². The first kappa shape index (κ1) is 57.7. The zero-order valence-electron chi connectivity index (χ0n) is 42.4. The predicted molar refractivity (Wildman–Crippen MR) is 282 cm³/mol. The molecular weight excluding hydrogens is 1020 g/mol. The summed E-state index contributed by atoms with van der Waals surface area (Å²) >= 11 is 11.8. The van der Waals surface area contributed by atoms with Crippen LogP contribution in [0.15, 0.2) is 88.7 Å². The molecule has 4 aromatic rings. The van der Waals surface area contributed by atoms with Crippen molar-refractivity contribution in [3.63, 3.8) is 0 Å². The second kappa shape index (κ2) is 26.7. The molecule has 21 heteroatoms. The Morgan fingerprint density at radius 3 is 1.60 bits per heavy atom. The summed E-state index contributed by atoms with van der Waals surface area (Å²) in [5.41, 5.74) is 1.39. The lowest BCUT2D eigenvalue weighted by Crippen LogP contribution is -2.53. The first-order valence-electron chi connectivity index (χ1n) is 25.2. The third kappa shape index (κ3) is 16.4. The van der Waals surface area contributed by atoms with Gasteiger partial charge in [-0.1, -0.05) is 94.8 Å². The Hall–Kier alpha value is -4.60. The number of morpholine rings is 2. The number of hydrogen-bond acceptors (Lipinski definition) is 10. The van der Waals surface area contributed by atoms with Crippen LogP contribution < -0.4 is 21.3 Å². The summed E-state index contributed by atoms with van der Waals surface area (Å²) in [6.07, 6.45) is 6.15. The van der Waals surface area contributed by atoms with Crippen LogP contribution >= 0.6 is 23.2 Å². The van der Waals surface area contributed by atoms with Gasteiger partial charge in [0.05, 0.1) is 35.2 Å². The van der Waals surface area contributed by atoms with Crippen LogP contribution in [0.2, 0.25) is 10.0 Å². The van der Waals surface area contributed by atoms with E-state index in [9.17, 15) is 36.0 Å². The molecule has 1 saturated carbocycles. The van der Waals surface area contributed by atoms with Crippen molar-refractivity contribution in [1.82, 2.24) is 34.4 Å². The molecule has 3 aromatic carbocycles. The highest BCUT2D eigenvalue weighted by atomic mass is 35.5. The molecule has 1 aromatic heterocycles. The Morgan fingerprint density at radius 1 is 0.671 bits per heavy atom. The molecule has 2 saturated heterocycles. The van der Waals surface area contributed by atoms with Gasteiger partial charge in [0, 0.05) is 73.7 Å². The number of amides is 4. The van der Waals surface area contributed by atoms with E-state index >= 15 is 0 Å². The number of nitrogens with zero attached hydrogens (tertiary/aromatic N) is 3. The molecule has 4 amide bonds. The van der Waals surface area contributed by atoms with Gasteiger partial charge >= 0.3 is 0 Å². The minimum Gasteiger partial charge on any atom is -0.374 e. The molecule has 2 unspecified atom stereocenters. The Labute approximate surface area is 440 Å². The predicted octanol–water partition coefficient (Wildman–Crippen LogP) is 6.53. The van der Waals surface area contributed by atoms with Crippen molar-refractivity contribution >= 4 is 77.8 Å². The van der Waals surface area contributed by atoms with Crippen LogP contribution in [0.25, 0.3) is 10.9 Å². The molecule has 73 heavy (non-hydrogen) atoms. The normalized spacial score (nSPS) is 19.0. The van der Waals surface area contributed by atoms with Gasteiger partial charge in [-0.2, -0.15) is 8.61 Å². The van der Waals surface area contributed by atoms with Crippen molar-refractivity contribution in [2.45, 2.75) is 113 Å². The minimum absolute atomic E-state index is 0.0909. The standard InChI is InChI=1S/C27H33ClN4O5S.C25H38ClN3O5S/c1-18(2)14-23(30-27(34)25-15-19-6-4-5-7-24(19)31(25)3)26(33)29-16-21-17-32(12-13-37-21)38(35,36)22-10-8-20(28)9-11-22;1-18(2)15-23(28-24(30)12-7-19-5-3-4-6-19)25(31)27-16-21-17-29(13-14-34-21)35(32,33)22-10-8-20(26)9-11-22/h4-11,15,18,21,23H,12-14,16-17H2,1-3H3,(H,29,33)(H,30,34);8-11,18-19,21,23H,3-7,12-17H2,1-2H3,(H,27,31)(H,28,30)/t2*21?,23-/m00/s1. The lowest BCUT2D eigenvalue weighted by molar-refractivity contribution is -0.130. The van der Waals surface area contributed by atoms with E-state index in [-0.39, 0.29) is 97.7 Å². The van der Waals surface area contributed by atoms with E-state index in [1.165, 1.54) is 70.7 Å². The summed E-state index contributed by atoms with van der Waals surface area (Å²) in [4.78, 5) is 52.0. The number of benzene rings is 3. The van der Waals surface area contributed by atoms with Gasteiger partial charge in [-0.05, 0) is 97.7 Å². The number of halogens is 2. The van der Waals surface area contributed by atoms with E-state index in [2.05, 4.69) is 21.3 Å². The molecule has 7 rings (SSSR count). The zero-order chi connectivity index (χ0) is 52.9. The molecule has 0 radical (unpaired) electrons. The highest BCUT2D eigenvalue weighted by molar-refractivity contribution is 7.89. The highest BCUT2D eigenvalue weighted by Crippen LogP contribution is 2.29. The van der Waals surface area contributed by atoms with E-state index in [0.717, 1.165) is 17.3 Å². The molecular formula is C52H71Cl2N7O10S2. The van der Waals surface area contributed by atoms with E-state index < -0.39 is 44.3 Å². The summed E-state index contributed by atoms with van der Waals surface area (Å²) in [5.74, 6) is -0.0308. The van der Waals surface area contributed by atoms with E-state index in [4.69, 9.17) is 32.7 Å². The molecule has 3 aliphatic rings. The number of aryl methyl sites for hydroxylation is 1. The van der Waals surface area contributed by atoms with Crippen molar-refractivity contribution in [3.8, 4) is 0 Å². The quantitative estimate of drug-likeness (QED) is 0.0751. The molecule has 4 N–H and O–H groups in total. The molecule has 0 bridgehead atoms. The maximum Gasteiger partial charge on any atom is 0.268 e. The summed E-state index contributed by atoms with van der Waals surface area (Å²) in [6, 6.07) is 20.2. The van der Waals surface area contributed by atoms with Crippen LogP contribution in [0, 0.1) is 17.8 Å². The van der Waals surface area contributed by atoms with Crippen molar-refractivity contribution in [3.05, 3.63) is 94.6 Å². The molecule has 400 valence electrons. The smallest absolute Gasteiger partial charge is 0.268 e. The lowest BCUT2D eigenvalue weighted by Gasteiger charge is -2.32. The molecule has 2 aliphatic heterocycles. The van der Waals surface area contributed by atoms with Crippen LogP contribution in [0.4, 0.5) is 0 Å². The Morgan fingerprint density at radius 2 is 1.14 bits per heavy atom. The maximum atomic E-state index is 13.1. The molecule has 17 nitrogen and oxygen atoms in total. The summed E-state index contributed by atoms with van der Waals surface area (Å²) in [6.45, 7) is 9.39. The summed E-state index contributed by atoms with van der Waals surface area (Å²) in [7, 11) is -5.59. The lowest BCUT2D eigenvalue weighted by atomic mass is 10.00. The molecule has 1 aliphatic carbocycles. The van der Waals surface area contributed by atoms with Gasteiger partial charge in [0.25, 0.3) is 5.91 Å². The van der Waals surface area contributed by atoms with Crippen LogP contribution in [-0.2, 0) is 51.0 Å². The average Bonchev–Trinajstić information content (AvgIpc) is 4.02. The van der Waals surface area contributed by atoms with Crippen LogP contribution in [0.3, 0.4) is 0 Å². The van der Waals surface area contributed by atoms with Gasteiger partial charge in [-0.15, -0.1) is 0 Å². The first-order chi connectivity index (χ1) is 34.7.